The van der Waals surface area contributed by atoms with E-state index in [-0.39, 0.29) is 0 Å². The lowest BCUT2D eigenvalue weighted by molar-refractivity contribution is 0.733. The molecule has 0 spiro atoms. The summed E-state index contributed by atoms with van der Waals surface area (Å²) in [5.41, 5.74) is 5.06. The minimum Gasteiger partial charge on any atom is -0.0909 e. The highest BCUT2D eigenvalue weighted by Gasteiger charge is 1.99. The lowest BCUT2D eigenvalue weighted by atomic mass is 9.99. The van der Waals surface area contributed by atoms with Crippen molar-refractivity contribution in [2.24, 2.45) is 0 Å². The van der Waals surface area contributed by atoms with Gasteiger partial charge in [0.25, 0.3) is 0 Å². The fourth-order valence-electron chi connectivity index (χ4n) is 2.31. The van der Waals surface area contributed by atoms with Gasteiger partial charge >= 0.3 is 0 Å². The molecule has 0 aliphatic heterocycles. The van der Waals surface area contributed by atoms with Gasteiger partial charge in [-0.3, -0.25) is 0 Å². The first-order valence-corrected chi connectivity index (χ1v) is 9.56. The Kier molecular flexibility index (Phi) is 13.1. The third kappa shape index (κ3) is 9.10. The molecule has 0 saturated carbocycles. The third-order valence-corrected chi connectivity index (χ3v) is 4.09. The standard InChI is InChI=1S/C13H16.C10H14.C2H6/c1-4-8-11(2)12(3)13-9-6-5-7-10-13;1-3-9(2)10-7-5-4-6-8-10;1-2/h5-10H,3-4H2,1-2H3;4-9H,3H2,1-2H3;1-2H3/b11-8-;;. The smallest absolute Gasteiger partial charge is 0.0187 e. The Morgan fingerprint density at radius 2 is 1.40 bits per heavy atom. The highest BCUT2D eigenvalue weighted by molar-refractivity contribution is 5.76. The van der Waals surface area contributed by atoms with Gasteiger partial charge in [0, 0.05) is 0 Å². The van der Waals surface area contributed by atoms with Gasteiger partial charge in [-0.2, -0.15) is 0 Å². The molecule has 0 aliphatic carbocycles. The zero-order chi connectivity index (χ0) is 19.1. The average molecular weight is 337 g/mol. The molecule has 0 heterocycles. The maximum atomic E-state index is 4.08. The lowest BCUT2D eigenvalue weighted by Gasteiger charge is -2.06. The quantitative estimate of drug-likeness (QED) is 0.482. The molecule has 2 rings (SSSR count). The van der Waals surface area contributed by atoms with Gasteiger partial charge in [-0.05, 0) is 48.0 Å². The SMILES string of the molecule is C=C(/C(C)=C\CC)c1ccccc1.CC.CCC(C)c1ccccc1. The van der Waals surface area contributed by atoms with Crippen LogP contribution in [0.4, 0.5) is 0 Å². The molecule has 0 nitrogen and oxygen atoms in total. The van der Waals surface area contributed by atoms with Crippen LogP contribution in [-0.2, 0) is 0 Å². The zero-order valence-electron chi connectivity index (χ0n) is 17.0. The predicted octanol–water partition coefficient (Wildman–Crippen LogP) is 8.28. The average Bonchev–Trinajstić information content (AvgIpc) is 2.70. The van der Waals surface area contributed by atoms with E-state index in [1.165, 1.54) is 23.1 Å². The van der Waals surface area contributed by atoms with Crippen molar-refractivity contribution in [1.82, 2.24) is 0 Å². The van der Waals surface area contributed by atoms with E-state index in [1.807, 2.05) is 32.0 Å². The second-order valence-electron chi connectivity index (χ2n) is 5.86. The predicted molar refractivity (Wildman–Crippen MR) is 116 cm³/mol. The lowest BCUT2D eigenvalue weighted by Crippen LogP contribution is -1.88. The molecule has 0 aliphatic rings. The van der Waals surface area contributed by atoms with E-state index in [2.05, 4.69) is 82.8 Å². The minimum atomic E-state index is 0.709. The molecule has 1 unspecified atom stereocenters. The number of benzene rings is 2. The van der Waals surface area contributed by atoms with Gasteiger partial charge in [0.15, 0.2) is 0 Å². The highest BCUT2D eigenvalue weighted by atomic mass is 14.0. The topological polar surface area (TPSA) is 0 Å². The second-order valence-corrected chi connectivity index (χ2v) is 5.86. The van der Waals surface area contributed by atoms with Crippen molar-refractivity contribution >= 4 is 5.57 Å². The Balaban J connectivity index is 0.000000430. The van der Waals surface area contributed by atoms with Crippen LogP contribution < -0.4 is 0 Å². The largest absolute Gasteiger partial charge is 0.0909 e. The van der Waals surface area contributed by atoms with Crippen LogP contribution in [0.3, 0.4) is 0 Å². The van der Waals surface area contributed by atoms with Gasteiger partial charge in [0.05, 0.1) is 0 Å². The summed E-state index contributed by atoms with van der Waals surface area (Å²) in [6, 6.07) is 20.9. The van der Waals surface area contributed by atoms with Crippen molar-refractivity contribution in [3.8, 4) is 0 Å². The van der Waals surface area contributed by atoms with Crippen LogP contribution >= 0.6 is 0 Å². The molecule has 0 aromatic heterocycles. The zero-order valence-corrected chi connectivity index (χ0v) is 17.0. The fourth-order valence-corrected chi connectivity index (χ4v) is 2.31. The summed E-state index contributed by atoms with van der Waals surface area (Å²) in [6.07, 6.45) is 4.50. The van der Waals surface area contributed by atoms with Crippen LogP contribution in [0.15, 0.2) is 78.9 Å². The van der Waals surface area contributed by atoms with Crippen molar-refractivity contribution in [3.63, 3.8) is 0 Å². The molecular weight excluding hydrogens is 300 g/mol. The van der Waals surface area contributed by atoms with Crippen molar-refractivity contribution < 1.29 is 0 Å². The Bertz CT molecular complexity index is 590. The fraction of sp³-hybridized carbons (Fsp3) is 0.360. The van der Waals surface area contributed by atoms with Gasteiger partial charge in [-0.1, -0.05) is 108 Å². The van der Waals surface area contributed by atoms with Crippen molar-refractivity contribution in [1.29, 1.82) is 0 Å². The number of hydrogen-bond acceptors (Lipinski definition) is 0. The first-order valence-electron chi connectivity index (χ1n) is 9.56. The first kappa shape index (κ1) is 22.9. The molecular formula is C25H36. The molecule has 0 heteroatoms. The number of rotatable bonds is 5. The molecule has 25 heavy (non-hydrogen) atoms. The van der Waals surface area contributed by atoms with E-state index in [0.29, 0.717) is 5.92 Å². The molecule has 1 atom stereocenters. The Hall–Kier alpha value is -2.08. The van der Waals surface area contributed by atoms with Crippen molar-refractivity contribution in [2.75, 3.05) is 0 Å². The molecule has 0 saturated heterocycles. The molecule has 0 N–H and O–H groups in total. The van der Waals surface area contributed by atoms with Crippen LogP contribution in [0.1, 0.15) is 71.4 Å². The Morgan fingerprint density at radius 1 is 0.920 bits per heavy atom. The van der Waals surface area contributed by atoms with Crippen LogP contribution in [-0.4, -0.2) is 0 Å². The summed E-state index contributed by atoms with van der Waals surface area (Å²) in [5, 5.41) is 0. The molecule has 0 radical (unpaired) electrons. The van der Waals surface area contributed by atoms with Crippen LogP contribution in [0.25, 0.3) is 5.57 Å². The maximum Gasteiger partial charge on any atom is -0.0187 e. The second kappa shape index (κ2) is 14.3. The molecule has 0 fully saturated rings. The van der Waals surface area contributed by atoms with Gasteiger partial charge in [-0.15, -0.1) is 0 Å². The number of allylic oxidation sites excluding steroid dienone is 3. The summed E-state index contributed by atoms with van der Waals surface area (Å²) in [4.78, 5) is 0. The van der Waals surface area contributed by atoms with Crippen LogP contribution in [0.5, 0.6) is 0 Å². The summed E-state index contributed by atoms with van der Waals surface area (Å²) >= 11 is 0. The van der Waals surface area contributed by atoms with E-state index in [9.17, 15) is 0 Å². The normalized spacial score (nSPS) is 11.4. The monoisotopic (exact) mass is 336 g/mol. The molecule has 2 aromatic carbocycles. The van der Waals surface area contributed by atoms with Crippen molar-refractivity contribution in [3.05, 3.63) is 90.0 Å². The number of hydrogen-bond donors (Lipinski definition) is 0. The summed E-state index contributed by atoms with van der Waals surface area (Å²) in [6.45, 7) is 16.8. The third-order valence-electron chi connectivity index (χ3n) is 4.09. The Labute approximate surface area is 156 Å². The molecule has 2 aromatic rings. The minimum absolute atomic E-state index is 0.709. The van der Waals surface area contributed by atoms with Crippen molar-refractivity contribution in [2.45, 2.75) is 60.3 Å². The summed E-state index contributed by atoms with van der Waals surface area (Å²) < 4.78 is 0. The Morgan fingerprint density at radius 3 is 1.84 bits per heavy atom. The van der Waals surface area contributed by atoms with E-state index in [1.54, 1.807) is 0 Å². The maximum absolute atomic E-state index is 4.08. The molecule has 136 valence electrons. The van der Waals surface area contributed by atoms with E-state index < -0.39 is 0 Å². The van der Waals surface area contributed by atoms with Gasteiger partial charge in [-0.25, -0.2) is 0 Å². The van der Waals surface area contributed by atoms with Crippen LogP contribution in [0.2, 0.25) is 0 Å². The molecule has 0 amide bonds. The van der Waals surface area contributed by atoms with E-state index in [0.717, 1.165) is 12.0 Å². The van der Waals surface area contributed by atoms with Gasteiger partial charge < -0.3 is 0 Å². The molecule has 0 bridgehead atoms. The van der Waals surface area contributed by atoms with Gasteiger partial charge in [0.1, 0.15) is 0 Å². The van der Waals surface area contributed by atoms with Crippen LogP contribution in [0, 0.1) is 0 Å². The van der Waals surface area contributed by atoms with E-state index >= 15 is 0 Å². The summed E-state index contributed by atoms with van der Waals surface area (Å²) in [7, 11) is 0. The van der Waals surface area contributed by atoms with E-state index in [4.69, 9.17) is 0 Å². The van der Waals surface area contributed by atoms with Gasteiger partial charge in [0.2, 0.25) is 0 Å². The highest BCUT2D eigenvalue weighted by Crippen LogP contribution is 2.20. The first-order chi connectivity index (χ1) is 12.1. The summed E-state index contributed by atoms with van der Waals surface area (Å²) in [5.74, 6) is 0.709.